The number of rotatable bonds is 1. The van der Waals surface area contributed by atoms with Crippen LogP contribution in [0.15, 0.2) is 0 Å². The normalized spacial score (nSPS) is 41.7. The summed E-state index contributed by atoms with van der Waals surface area (Å²) in [5.74, 6) is 0. The van der Waals surface area contributed by atoms with Crippen molar-refractivity contribution < 1.29 is 0 Å². The third-order valence-electron chi connectivity index (χ3n) is 3.31. The molecule has 0 radical (unpaired) electrons. The molecule has 0 aromatic heterocycles. The minimum absolute atomic E-state index is 0. The van der Waals surface area contributed by atoms with E-state index in [1.54, 1.807) is 0 Å². The van der Waals surface area contributed by atoms with Gasteiger partial charge in [0.25, 0.3) is 0 Å². The van der Waals surface area contributed by atoms with Crippen LogP contribution in [0, 0.1) is 5.41 Å². The standard InChI is InChI=1S/C8H16N2.ClH/c9-7-8-1-4-10(5-2-8)6-3-8;/h1-7,9H2;1H. The number of hydrogen-bond acceptors (Lipinski definition) is 2. The summed E-state index contributed by atoms with van der Waals surface area (Å²) in [6.45, 7) is 4.83. The molecule has 0 aliphatic carbocycles. The first kappa shape index (κ1) is 9.30. The molecule has 3 heteroatoms. The van der Waals surface area contributed by atoms with Gasteiger partial charge in [0, 0.05) is 0 Å². The summed E-state index contributed by atoms with van der Waals surface area (Å²) in [5.41, 5.74) is 6.32. The molecule has 0 atom stereocenters. The summed E-state index contributed by atoms with van der Waals surface area (Å²) >= 11 is 0. The first-order valence-electron chi connectivity index (χ1n) is 4.27. The largest absolute Gasteiger partial charge is 0.330 e. The second-order valence-corrected chi connectivity index (χ2v) is 3.80. The van der Waals surface area contributed by atoms with Gasteiger partial charge in [-0.15, -0.1) is 12.4 Å². The predicted octanol–water partition coefficient (Wildman–Crippen LogP) is 0.853. The highest BCUT2D eigenvalue weighted by molar-refractivity contribution is 5.85. The van der Waals surface area contributed by atoms with Gasteiger partial charge in [0.2, 0.25) is 0 Å². The van der Waals surface area contributed by atoms with Crippen LogP contribution in [0.25, 0.3) is 0 Å². The number of nitrogens with two attached hydrogens (primary N) is 1. The molecule has 3 heterocycles. The van der Waals surface area contributed by atoms with Crippen LogP contribution in [0.4, 0.5) is 0 Å². The molecule has 0 unspecified atom stereocenters. The van der Waals surface area contributed by atoms with E-state index in [2.05, 4.69) is 4.90 Å². The van der Waals surface area contributed by atoms with Gasteiger partial charge in [0.15, 0.2) is 0 Å². The maximum absolute atomic E-state index is 5.75. The summed E-state index contributed by atoms with van der Waals surface area (Å²) < 4.78 is 0. The SMILES string of the molecule is Cl.NCC12CCN(CC1)CC2. The molecule has 11 heavy (non-hydrogen) atoms. The van der Waals surface area contributed by atoms with Crippen LogP contribution in [0.1, 0.15) is 19.3 Å². The number of halogens is 1. The van der Waals surface area contributed by atoms with E-state index in [-0.39, 0.29) is 12.4 Å². The van der Waals surface area contributed by atoms with E-state index in [4.69, 9.17) is 5.73 Å². The van der Waals surface area contributed by atoms with Gasteiger partial charge in [-0.1, -0.05) is 0 Å². The molecule has 66 valence electrons. The Balaban J connectivity index is 0.000000605. The second-order valence-electron chi connectivity index (χ2n) is 3.80. The van der Waals surface area contributed by atoms with E-state index in [1.807, 2.05) is 0 Å². The van der Waals surface area contributed by atoms with E-state index in [1.165, 1.54) is 38.9 Å². The Hall–Kier alpha value is 0.210. The van der Waals surface area contributed by atoms with Crippen LogP contribution in [0.5, 0.6) is 0 Å². The fourth-order valence-corrected chi connectivity index (χ4v) is 2.20. The molecule has 0 aromatic carbocycles. The first-order valence-corrected chi connectivity index (χ1v) is 4.27. The Morgan fingerprint density at radius 2 is 1.55 bits per heavy atom. The molecular weight excluding hydrogens is 160 g/mol. The highest BCUT2D eigenvalue weighted by Crippen LogP contribution is 2.38. The predicted molar refractivity (Wildman–Crippen MR) is 49.0 cm³/mol. The lowest BCUT2D eigenvalue weighted by Crippen LogP contribution is -2.51. The number of piperidine rings is 3. The highest BCUT2D eigenvalue weighted by Gasteiger charge is 2.37. The average Bonchev–Trinajstić information content (AvgIpc) is 2.08. The van der Waals surface area contributed by atoms with E-state index < -0.39 is 0 Å². The number of fused-ring (bicyclic) bond motifs is 3. The molecule has 3 aliphatic heterocycles. The average molecular weight is 177 g/mol. The quantitative estimate of drug-likeness (QED) is 0.642. The zero-order valence-electron chi connectivity index (χ0n) is 6.88. The van der Waals surface area contributed by atoms with Crippen LogP contribution in [-0.4, -0.2) is 31.1 Å². The van der Waals surface area contributed by atoms with Gasteiger partial charge in [-0.25, -0.2) is 0 Å². The minimum atomic E-state index is 0. The van der Waals surface area contributed by atoms with Crippen molar-refractivity contribution in [3.63, 3.8) is 0 Å². The molecule has 0 spiro atoms. The molecule has 0 saturated carbocycles. The summed E-state index contributed by atoms with van der Waals surface area (Å²) in [5, 5.41) is 0. The molecule has 2 nitrogen and oxygen atoms in total. The van der Waals surface area contributed by atoms with Crippen molar-refractivity contribution >= 4 is 12.4 Å². The van der Waals surface area contributed by atoms with Crippen molar-refractivity contribution in [2.75, 3.05) is 26.2 Å². The van der Waals surface area contributed by atoms with E-state index >= 15 is 0 Å². The molecule has 0 amide bonds. The summed E-state index contributed by atoms with van der Waals surface area (Å²) in [7, 11) is 0. The highest BCUT2D eigenvalue weighted by atomic mass is 35.5. The maximum atomic E-state index is 5.75. The van der Waals surface area contributed by atoms with Gasteiger partial charge in [0.1, 0.15) is 0 Å². The van der Waals surface area contributed by atoms with Crippen LogP contribution in [0.2, 0.25) is 0 Å². The fourth-order valence-electron chi connectivity index (χ4n) is 2.20. The van der Waals surface area contributed by atoms with Crippen molar-refractivity contribution in [3.8, 4) is 0 Å². The van der Waals surface area contributed by atoms with Gasteiger partial charge < -0.3 is 10.6 Å². The second kappa shape index (κ2) is 3.30. The maximum Gasteiger partial charge on any atom is -0.00129 e. The fraction of sp³-hybridized carbons (Fsp3) is 1.00. The molecule has 3 saturated heterocycles. The van der Waals surface area contributed by atoms with Crippen LogP contribution in [0.3, 0.4) is 0 Å². The Bertz CT molecular complexity index is 116. The Kier molecular flexibility index (Phi) is 2.79. The van der Waals surface area contributed by atoms with Crippen LogP contribution in [-0.2, 0) is 0 Å². The summed E-state index contributed by atoms with van der Waals surface area (Å²) in [6.07, 6.45) is 4.05. The summed E-state index contributed by atoms with van der Waals surface area (Å²) in [6, 6.07) is 0. The molecule has 2 bridgehead atoms. The van der Waals surface area contributed by atoms with Gasteiger partial charge in [0.05, 0.1) is 0 Å². The van der Waals surface area contributed by atoms with Gasteiger partial charge in [-0.3, -0.25) is 0 Å². The van der Waals surface area contributed by atoms with Gasteiger partial charge in [-0.05, 0) is 50.9 Å². The van der Waals surface area contributed by atoms with Crippen LogP contribution < -0.4 is 5.73 Å². The molecule has 3 fully saturated rings. The smallest absolute Gasteiger partial charge is 0.00129 e. The van der Waals surface area contributed by atoms with E-state index in [9.17, 15) is 0 Å². The summed E-state index contributed by atoms with van der Waals surface area (Å²) in [4.78, 5) is 2.55. The molecule has 3 rings (SSSR count). The van der Waals surface area contributed by atoms with Gasteiger partial charge in [-0.2, -0.15) is 0 Å². The lowest BCUT2D eigenvalue weighted by Gasteiger charge is -2.47. The Labute approximate surface area is 74.5 Å². The third-order valence-corrected chi connectivity index (χ3v) is 3.31. The van der Waals surface area contributed by atoms with Crippen molar-refractivity contribution in [1.82, 2.24) is 4.90 Å². The zero-order chi connectivity index (χ0) is 7.03. The monoisotopic (exact) mass is 176 g/mol. The van der Waals surface area contributed by atoms with E-state index in [0.717, 1.165) is 6.54 Å². The topological polar surface area (TPSA) is 29.3 Å². The van der Waals surface area contributed by atoms with Crippen molar-refractivity contribution in [2.45, 2.75) is 19.3 Å². The van der Waals surface area contributed by atoms with Crippen molar-refractivity contribution in [1.29, 1.82) is 0 Å². The number of hydrogen-bond donors (Lipinski definition) is 1. The van der Waals surface area contributed by atoms with Crippen molar-refractivity contribution in [3.05, 3.63) is 0 Å². The molecule has 3 aliphatic rings. The van der Waals surface area contributed by atoms with Crippen molar-refractivity contribution in [2.24, 2.45) is 11.1 Å². The first-order chi connectivity index (χ1) is 4.85. The molecule has 0 aromatic rings. The third kappa shape index (κ3) is 1.53. The lowest BCUT2D eigenvalue weighted by molar-refractivity contribution is 0.0330. The van der Waals surface area contributed by atoms with E-state index in [0.29, 0.717) is 5.41 Å². The number of nitrogens with zero attached hydrogens (tertiary/aromatic N) is 1. The molecule has 2 N–H and O–H groups in total. The zero-order valence-corrected chi connectivity index (χ0v) is 7.70. The lowest BCUT2D eigenvalue weighted by atomic mass is 9.72. The minimum Gasteiger partial charge on any atom is -0.330 e. The molecular formula is C8H17ClN2. The van der Waals surface area contributed by atoms with Crippen LogP contribution >= 0.6 is 12.4 Å². The Morgan fingerprint density at radius 1 is 1.09 bits per heavy atom. The van der Waals surface area contributed by atoms with Gasteiger partial charge >= 0.3 is 0 Å². The Morgan fingerprint density at radius 3 is 1.82 bits per heavy atom.